The van der Waals surface area contributed by atoms with E-state index in [1.54, 1.807) is 37.4 Å². The lowest BCUT2D eigenvalue weighted by Gasteiger charge is -2.07. The first-order valence-electron chi connectivity index (χ1n) is 5.87. The van der Waals surface area contributed by atoms with E-state index in [-0.39, 0.29) is 10.9 Å². The van der Waals surface area contributed by atoms with Crippen molar-refractivity contribution >= 4 is 16.7 Å². The van der Waals surface area contributed by atoms with Crippen molar-refractivity contribution in [1.82, 2.24) is 15.0 Å². The lowest BCUT2D eigenvalue weighted by molar-refractivity contribution is 0.0291. The Morgan fingerprint density at radius 3 is 2.35 bits per heavy atom. The molecular formula is C13H12N4O3. The lowest BCUT2D eigenvalue weighted by atomic mass is 10.3. The van der Waals surface area contributed by atoms with Gasteiger partial charge in [0.15, 0.2) is 0 Å². The number of hydrogen-bond donors (Lipinski definition) is 2. The molecule has 0 fully saturated rings. The molecule has 0 aliphatic rings. The van der Waals surface area contributed by atoms with E-state index in [9.17, 15) is 0 Å². The van der Waals surface area contributed by atoms with Crippen LogP contribution in [0, 0.1) is 0 Å². The van der Waals surface area contributed by atoms with Crippen molar-refractivity contribution in [2.45, 2.75) is 0 Å². The third kappa shape index (κ3) is 2.15. The van der Waals surface area contributed by atoms with Gasteiger partial charge in [-0.1, -0.05) is 0 Å². The molecule has 2 N–H and O–H groups in total. The number of nitrogens with zero attached hydrogens (tertiary/aromatic N) is 4. The molecule has 0 bridgehead atoms. The average molecular weight is 272 g/mol. The molecule has 0 atom stereocenters. The minimum atomic E-state index is 0.0572. The van der Waals surface area contributed by atoms with E-state index in [1.807, 2.05) is 12.1 Å². The Kier molecular flexibility index (Phi) is 2.97. The highest BCUT2D eigenvalue weighted by molar-refractivity contribution is 5.75. The Hall–Kier alpha value is -2.64. The number of hydrogen-bond acceptors (Lipinski definition) is 6. The van der Waals surface area contributed by atoms with Crippen molar-refractivity contribution in [3.8, 4) is 11.4 Å². The van der Waals surface area contributed by atoms with Crippen LogP contribution in [0.1, 0.15) is 0 Å². The van der Waals surface area contributed by atoms with Crippen molar-refractivity contribution in [3.63, 3.8) is 0 Å². The summed E-state index contributed by atoms with van der Waals surface area (Å²) in [5.74, 6) is 0.719. The largest absolute Gasteiger partial charge is 0.497 e. The molecule has 7 heteroatoms. The monoisotopic (exact) mass is 272 g/mol. The van der Waals surface area contributed by atoms with Crippen molar-refractivity contribution in [2.75, 3.05) is 12.3 Å². The van der Waals surface area contributed by atoms with Crippen molar-refractivity contribution in [3.05, 3.63) is 42.5 Å². The third-order valence-electron chi connectivity index (χ3n) is 2.90. The maximum Gasteiger partial charge on any atom is 0.121 e. The molecule has 0 saturated carbocycles. The van der Waals surface area contributed by atoms with Gasteiger partial charge in [-0.3, -0.25) is 10.4 Å². The molecule has 0 aliphatic heterocycles. The number of fused-ring (bicyclic) bond motifs is 1. The molecule has 0 amide bonds. The second kappa shape index (κ2) is 4.80. The molecule has 0 aliphatic carbocycles. The van der Waals surface area contributed by atoms with Crippen LogP contribution in [0.4, 0.5) is 5.69 Å². The van der Waals surface area contributed by atoms with Crippen molar-refractivity contribution in [1.29, 1.82) is 0 Å². The fraction of sp³-hybridized carbons (Fsp3) is 0.0769. The van der Waals surface area contributed by atoms with Gasteiger partial charge in [0.25, 0.3) is 0 Å². The second-order valence-corrected chi connectivity index (χ2v) is 4.15. The van der Waals surface area contributed by atoms with Crippen molar-refractivity contribution < 1.29 is 15.2 Å². The molecule has 3 rings (SSSR count). The molecule has 1 heterocycles. The van der Waals surface area contributed by atoms with Crippen LogP contribution < -0.4 is 9.96 Å². The number of aromatic nitrogens is 3. The second-order valence-electron chi connectivity index (χ2n) is 4.15. The third-order valence-corrected chi connectivity index (χ3v) is 2.90. The fourth-order valence-electron chi connectivity index (χ4n) is 1.86. The predicted molar refractivity (Wildman–Crippen MR) is 71.5 cm³/mol. The molecule has 0 radical (unpaired) electrons. The molecule has 7 nitrogen and oxygen atoms in total. The van der Waals surface area contributed by atoms with Gasteiger partial charge in [0.05, 0.1) is 18.5 Å². The molecule has 20 heavy (non-hydrogen) atoms. The first kappa shape index (κ1) is 12.4. The molecule has 3 aromatic rings. The predicted octanol–water partition coefficient (Wildman–Crippen LogP) is 2.01. The van der Waals surface area contributed by atoms with E-state index in [0.717, 1.165) is 16.8 Å². The van der Waals surface area contributed by atoms with E-state index < -0.39 is 0 Å². The standard InChI is InChI=1S/C13H12N4O3/c1-20-11-6-7-12-13(8-11)15-16(14-12)9-2-4-10(5-3-9)17(18)19/h2-8,18-19H,1H3. The fourth-order valence-corrected chi connectivity index (χ4v) is 1.86. The normalized spacial score (nSPS) is 10.8. The number of ether oxygens (including phenoxy) is 1. The highest BCUT2D eigenvalue weighted by Gasteiger charge is 2.06. The molecule has 0 saturated heterocycles. The van der Waals surface area contributed by atoms with Gasteiger partial charge >= 0.3 is 0 Å². The summed E-state index contributed by atoms with van der Waals surface area (Å²) in [5, 5.41) is 26.5. The number of anilines is 1. The molecule has 0 spiro atoms. The van der Waals surface area contributed by atoms with Crippen LogP contribution in [0.2, 0.25) is 0 Å². The Morgan fingerprint density at radius 2 is 1.70 bits per heavy atom. The Bertz CT molecular complexity index is 737. The summed E-state index contributed by atoms with van der Waals surface area (Å²) in [4.78, 5) is 1.48. The topological polar surface area (TPSA) is 83.6 Å². The van der Waals surface area contributed by atoms with Gasteiger partial charge in [-0.25, -0.2) is 0 Å². The summed E-state index contributed by atoms with van der Waals surface area (Å²) < 4.78 is 5.14. The summed E-state index contributed by atoms with van der Waals surface area (Å²) in [6.45, 7) is 0. The van der Waals surface area contributed by atoms with E-state index >= 15 is 0 Å². The van der Waals surface area contributed by atoms with Gasteiger partial charge in [-0.15, -0.1) is 15.4 Å². The summed E-state index contributed by atoms with van der Waals surface area (Å²) in [6.07, 6.45) is 0. The van der Waals surface area contributed by atoms with Gasteiger partial charge in [0.1, 0.15) is 16.8 Å². The van der Waals surface area contributed by atoms with Crippen LogP contribution in [0.15, 0.2) is 42.5 Å². The zero-order valence-electron chi connectivity index (χ0n) is 10.6. The number of benzene rings is 2. The van der Waals surface area contributed by atoms with Crippen LogP contribution in [0.5, 0.6) is 5.75 Å². The summed E-state index contributed by atoms with van der Waals surface area (Å²) in [5.41, 5.74) is 2.44. The number of methoxy groups -OCH3 is 1. The van der Waals surface area contributed by atoms with Crippen molar-refractivity contribution in [2.24, 2.45) is 0 Å². The Balaban J connectivity index is 2.01. The summed E-state index contributed by atoms with van der Waals surface area (Å²) >= 11 is 0. The number of rotatable bonds is 3. The average Bonchev–Trinajstić information content (AvgIpc) is 2.90. The van der Waals surface area contributed by atoms with E-state index in [4.69, 9.17) is 15.2 Å². The van der Waals surface area contributed by atoms with Crippen LogP contribution in [-0.4, -0.2) is 32.5 Å². The first-order valence-corrected chi connectivity index (χ1v) is 5.87. The molecule has 0 unspecified atom stereocenters. The van der Waals surface area contributed by atoms with Crippen LogP contribution in [-0.2, 0) is 0 Å². The summed E-state index contributed by atoms with van der Waals surface area (Å²) in [7, 11) is 1.60. The summed E-state index contributed by atoms with van der Waals surface area (Å²) in [6, 6.07) is 11.9. The Labute approximate surface area is 114 Å². The Morgan fingerprint density at radius 1 is 1.00 bits per heavy atom. The maximum atomic E-state index is 8.89. The van der Waals surface area contributed by atoms with Crippen LogP contribution >= 0.6 is 0 Å². The zero-order chi connectivity index (χ0) is 14.1. The molecule has 102 valence electrons. The minimum Gasteiger partial charge on any atom is -0.497 e. The first-order chi connectivity index (χ1) is 9.67. The smallest absolute Gasteiger partial charge is 0.121 e. The lowest BCUT2D eigenvalue weighted by Crippen LogP contribution is -2.10. The maximum absolute atomic E-state index is 8.89. The van der Waals surface area contributed by atoms with Crippen LogP contribution in [0.25, 0.3) is 16.7 Å². The highest BCUT2D eigenvalue weighted by Crippen LogP contribution is 2.19. The van der Waals surface area contributed by atoms with Crippen LogP contribution in [0.3, 0.4) is 0 Å². The molecular weight excluding hydrogens is 260 g/mol. The van der Waals surface area contributed by atoms with Gasteiger partial charge < -0.3 is 4.74 Å². The quantitative estimate of drug-likeness (QED) is 0.710. The van der Waals surface area contributed by atoms with E-state index in [0.29, 0.717) is 5.69 Å². The SMILES string of the molecule is COc1ccc2nn(-c3ccc(N(O)O)cc3)nc2c1. The highest BCUT2D eigenvalue weighted by atomic mass is 16.8. The molecule has 1 aromatic heterocycles. The minimum absolute atomic E-state index is 0.0572. The van der Waals surface area contributed by atoms with Gasteiger partial charge in [0, 0.05) is 6.07 Å². The van der Waals surface area contributed by atoms with Gasteiger partial charge in [0.2, 0.25) is 0 Å². The van der Waals surface area contributed by atoms with Gasteiger partial charge in [-0.05, 0) is 36.4 Å². The molecule has 2 aromatic carbocycles. The van der Waals surface area contributed by atoms with E-state index in [1.165, 1.54) is 4.80 Å². The van der Waals surface area contributed by atoms with E-state index in [2.05, 4.69) is 10.2 Å². The van der Waals surface area contributed by atoms with Gasteiger partial charge in [-0.2, -0.15) is 4.80 Å². The zero-order valence-corrected chi connectivity index (χ0v) is 10.6.